The van der Waals surface area contributed by atoms with Gasteiger partial charge in [-0.15, -0.1) is 11.8 Å². The van der Waals surface area contributed by atoms with E-state index in [0.717, 1.165) is 18.7 Å². The average Bonchev–Trinajstić information content (AvgIpc) is 2.86. The summed E-state index contributed by atoms with van der Waals surface area (Å²) in [5.41, 5.74) is 1.26. The van der Waals surface area contributed by atoms with E-state index >= 15 is 0 Å². The minimum absolute atomic E-state index is 0.360. The zero-order valence-electron chi connectivity index (χ0n) is 11.5. The third-order valence-electron chi connectivity index (χ3n) is 2.93. The fourth-order valence-electron chi connectivity index (χ4n) is 1.91. The van der Waals surface area contributed by atoms with Crippen molar-refractivity contribution in [2.75, 3.05) is 12.3 Å². The predicted octanol–water partition coefficient (Wildman–Crippen LogP) is 3.25. The molecule has 1 aromatic heterocycles. The van der Waals surface area contributed by atoms with Crippen molar-refractivity contribution in [2.45, 2.75) is 24.3 Å². The maximum absolute atomic E-state index is 4.27. The van der Waals surface area contributed by atoms with Crippen LogP contribution in [-0.4, -0.2) is 22.1 Å². The van der Waals surface area contributed by atoms with Crippen LogP contribution in [0, 0.1) is 0 Å². The van der Waals surface area contributed by atoms with Crippen LogP contribution >= 0.6 is 11.8 Å². The average molecular weight is 275 g/mol. The van der Waals surface area contributed by atoms with Gasteiger partial charge < -0.3 is 5.32 Å². The molecule has 1 aromatic carbocycles. The highest BCUT2D eigenvalue weighted by Gasteiger charge is 2.12. The molecule has 1 unspecified atom stereocenters. The van der Waals surface area contributed by atoms with Crippen LogP contribution in [0.25, 0.3) is 0 Å². The van der Waals surface area contributed by atoms with E-state index in [1.165, 1.54) is 10.5 Å². The van der Waals surface area contributed by atoms with Gasteiger partial charge in [0.2, 0.25) is 0 Å². The van der Waals surface area contributed by atoms with E-state index < -0.39 is 0 Å². The molecule has 0 radical (unpaired) electrons. The molecule has 0 saturated heterocycles. The smallest absolute Gasteiger partial charge is 0.0537 e. The lowest BCUT2D eigenvalue weighted by Crippen LogP contribution is -2.23. The van der Waals surface area contributed by atoms with Gasteiger partial charge in [0, 0.05) is 35.5 Å². The zero-order valence-corrected chi connectivity index (χ0v) is 12.4. The fraction of sp³-hybridized carbons (Fsp3) is 0.400. The molecule has 0 aliphatic heterocycles. The van der Waals surface area contributed by atoms with E-state index in [2.05, 4.69) is 53.9 Å². The number of aromatic nitrogens is 2. The van der Waals surface area contributed by atoms with Crippen molar-refractivity contribution in [3.63, 3.8) is 0 Å². The number of rotatable bonds is 7. The van der Waals surface area contributed by atoms with Crippen LogP contribution in [-0.2, 0) is 7.05 Å². The molecule has 0 spiro atoms. The maximum Gasteiger partial charge on any atom is 0.0537 e. The molecule has 1 N–H and O–H groups in total. The second-order valence-electron chi connectivity index (χ2n) is 4.58. The minimum atomic E-state index is 0.360. The van der Waals surface area contributed by atoms with Crippen LogP contribution in [0.1, 0.15) is 24.9 Å². The molecule has 19 heavy (non-hydrogen) atoms. The normalized spacial score (nSPS) is 12.5. The first-order chi connectivity index (χ1) is 9.29. The van der Waals surface area contributed by atoms with Crippen LogP contribution in [0.2, 0.25) is 0 Å². The monoisotopic (exact) mass is 275 g/mol. The molecule has 0 aliphatic carbocycles. The summed E-state index contributed by atoms with van der Waals surface area (Å²) < 4.78 is 1.86. The SMILES string of the molecule is CCCNC(CSc1ccccc1)c1cnn(C)c1. The topological polar surface area (TPSA) is 29.9 Å². The first-order valence-electron chi connectivity index (χ1n) is 6.69. The molecule has 3 nitrogen and oxygen atoms in total. The van der Waals surface area contributed by atoms with E-state index in [1.54, 1.807) is 0 Å². The summed E-state index contributed by atoms with van der Waals surface area (Å²) in [6.07, 6.45) is 5.20. The van der Waals surface area contributed by atoms with Crippen molar-refractivity contribution < 1.29 is 0 Å². The van der Waals surface area contributed by atoms with Gasteiger partial charge in [-0.3, -0.25) is 4.68 Å². The van der Waals surface area contributed by atoms with Gasteiger partial charge in [-0.1, -0.05) is 25.1 Å². The Bertz CT molecular complexity index is 481. The first kappa shape index (κ1) is 14.2. The summed E-state index contributed by atoms with van der Waals surface area (Å²) in [5, 5.41) is 7.86. The molecule has 1 heterocycles. The Morgan fingerprint density at radius 1 is 1.32 bits per heavy atom. The number of hydrogen-bond donors (Lipinski definition) is 1. The van der Waals surface area contributed by atoms with E-state index in [9.17, 15) is 0 Å². The van der Waals surface area contributed by atoms with Crippen LogP contribution in [0.15, 0.2) is 47.6 Å². The number of aryl methyl sites for hydroxylation is 1. The number of benzene rings is 1. The van der Waals surface area contributed by atoms with Crippen LogP contribution in [0.4, 0.5) is 0 Å². The molecular formula is C15H21N3S. The van der Waals surface area contributed by atoms with Gasteiger partial charge in [-0.05, 0) is 25.1 Å². The molecule has 0 bridgehead atoms. The van der Waals surface area contributed by atoms with Gasteiger partial charge in [0.15, 0.2) is 0 Å². The van der Waals surface area contributed by atoms with Crippen LogP contribution in [0.5, 0.6) is 0 Å². The highest BCUT2D eigenvalue weighted by atomic mass is 32.2. The number of nitrogens with one attached hydrogen (secondary N) is 1. The Morgan fingerprint density at radius 3 is 2.74 bits per heavy atom. The molecule has 0 aliphatic rings. The van der Waals surface area contributed by atoms with Gasteiger partial charge in [-0.25, -0.2) is 0 Å². The van der Waals surface area contributed by atoms with Crippen molar-refractivity contribution >= 4 is 11.8 Å². The largest absolute Gasteiger partial charge is 0.309 e. The Hall–Kier alpha value is -1.26. The molecule has 2 aromatic rings. The number of nitrogens with zero attached hydrogens (tertiary/aromatic N) is 2. The van der Waals surface area contributed by atoms with Gasteiger partial charge >= 0.3 is 0 Å². The second kappa shape index (κ2) is 7.36. The summed E-state index contributed by atoms with van der Waals surface area (Å²) in [5.74, 6) is 1.02. The standard InChI is InChI=1S/C15H21N3S/c1-3-9-16-15(13-10-17-18(2)11-13)12-19-14-7-5-4-6-8-14/h4-8,10-11,15-16H,3,9,12H2,1-2H3. The van der Waals surface area contributed by atoms with Crippen LogP contribution < -0.4 is 5.32 Å². The molecule has 2 rings (SSSR count). The summed E-state index contributed by atoms with van der Waals surface area (Å²) in [6, 6.07) is 10.9. The summed E-state index contributed by atoms with van der Waals surface area (Å²) in [4.78, 5) is 1.31. The Morgan fingerprint density at radius 2 is 2.11 bits per heavy atom. The number of thioether (sulfide) groups is 1. The summed E-state index contributed by atoms with van der Waals surface area (Å²) in [6.45, 7) is 3.23. The number of hydrogen-bond acceptors (Lipinski definition) is 3. The van der Waals surface area contributed by atoms with Gasteiger partial charge in [0.05, 0.1) is 6.20 Å². The van der Waals surface area contributed by atoms with Gasteiger partial charge in [-0.2, -0.15) is 5.10 Å². The lowest BCUT2D eigenvalue weighted by Gasteiger charge is -2.16. The van der Waals surface area contributed by atoms with Crippen molar-refractivity contribution in [2.24, 2.45) is 7.05 Å². The van der Waals surface area contributed by atoms with Crippen molar-refractivity contribution in [3.8, 4) is 0 Å². The first-order valence-corrected chi connectivity index (χ1v) is 7.68. The summed E-state index contributed by atoms with van der Waals surface area (Å²) in [7, 11) is 1.96. The van der Waals surface area contributed by atoms with E-state index in [4.69, 9.17) is 0 Å². The van der Waals surface area contributed by atoms with E-state index in [-0.39, 0.29) is 0 Å². The second-order valence-corrected chi connectivity index (χ2v) is 5.67. The Labute approximate surface area is 119 Å². The van der Waals surface area contributed by atoms with Gasteiger partial charge in [0.25, 0.3) is 0 Å². The Kier molecular flexibility index (Phi) is 5.48. The van der Waals surface area contributed by atoms with Gasteiger partial charge in [0.1, 0.15) is 0 Å². The highest BCUT2D eigenvalue weighted by Crippen LogP contribution is 2.24. The molecule has 4 heteroatoms. The zero-order chi connectivity index (χ0) is 13.5. The minimum Gasteiger partial charge on any atom is -0.309 e. The highest BCUT2D eigenvalue weighted by molar-refractivity contribution is 7.99. The van der Waals surface area contributed by atoms with Crippen molar-refractivity contribution in [1.29, 1.82) is 0 Å². The molecular weight excluding hydrogens is 254 g/mol. The molecule has 1 atom stereocenters. The van der Waals surface area contributed by atoms with E-state index in [1.807, 2.05) is 29.7 Å². The third kappa shape index (κ3) is 4.40. The predicted molar refractivity (Wildman–Crippen MR) is 81.4 cm³/mol. The van der Waals surface area contributed by atoms with Crippen LogP contribution in [0.3, 0.4) is 0 Å². The lowest BCUT2D eigenvalue weighted by atomic mass is 10.2. The third-order valence-corrected chi connectivity index (χ3v) is 4.03. The molecule has 102 valence electrons. The quantitative estimate of drug-likeness (QED) is 0.787. The maximum atomic E-state index is 4.27. The summed E-state index contributed by atoms with van der Waals surface area (Å²) >= 11 is 1.88. The molecule has 0 amide bonds. The molecule has 0 fully saturated rings. The Balaban J connectivity index is 1.98. The molecule has 0 saturated carbocycles. The van der Waals surface area contributed by atoms with Crippen molar-refractivity contribution in [1.82, 2.24) is 15.1 Å². The van der Waals surface area contributed by atoms with Crippen molar-refractivity contribution in [3.05, 3.63) is 48.3 Å². The van der Waals surface area contributed by atoms with E-state index in [0.29, 0.717) is 6.04 Å². The lowest BCUT2D eigenvalue weighted by molar-refractivity contribution is 0.577. The fourth-order valence-corrected chi connectivity index (χ4v) is 2.93.